The fourth-order valence-electron chi connectivity index (χ4n) is 2.99. The molecular weight excluding hydrogens is 388 g/mol. The Balaban J connectivity index is 1.67. The van der Waals surface area contributed by atoms with Crippen molar-refractivity contribution in [3.05, 3.63) is 89.9 Å². The fraction of sp³-hybridized carbons (Fsp3) is 0.227. The van der Waals surface area contributed by atoms with Gasteiger partial charge in [-0.1, -0.05) is 43.7 Å². The van der Waals surface area contributed by atoms with Gasteiger partial charge in [-0.2, -0.15) is 0 Å². The average molecular weight is 413 g/mol. The van der Waals surface area contributed by atoms with Crippen molar-refractivity contribution < 1.29 is 17.6 Å². The van der Waals surface area contributed by atoms with E-state index in [1.165, 1.54) is 30.5 Å². The number of carbonyl (C=O) groups excluding carboxylic acids is 1. The summed E-state index contributed by atoms with van der Waals surface area (Å²) in [6.07, 6.45) is 3.23. The first-order chi connectivity index (χ1) is 14.0. The first-order valence-corrected chi connectivity index (χ1v) is 11.0. The molecule has 1 atom stereocenters. The van der Waals surface area contributed by atoms with E-state index in [4.69, 9.17) is 4.42 Å². The van der Waals surface area contributed by atoms with Crippen molar-refractivity contribution in [3.8, 4) is 0 Å². The van der Waals surface area contributed by atoms with E-state index in [0.29, 0.717) is 11.3 Å². The average Bonchev–Trinajstić information content (AvgIpc) is 3.26. The van der Waals surface area contributed by atoms with Crippen LogP contribution in [-0.2, 0) is 16.6 Å². The maximum Gasteiger partial charge on any atom is 0.251 e. The fourth-order valence-corrected chi connectivity index (χ4v) is 3.98. The van der Waals surface area contributed by atoms with Crippen LogP contribution in [0.3, 0.4) is 0 Å². The molecule has 1 aromatic heterocycles. The van der Waals surface area contributed by atoms with Crippen molar-refractivity contribution >= 4 is 15.9 Å². The minimum Gasteiger partial charge on any atom is -0.468 e. The third-order valence-electron chi connectivity index (χ3n) is 4.53. The van der Waals surface area contributed by atoms with Crippen LogP contribution < -0.4 is 10.0 Å². The maximum absolute atomic E-state index is 12.7. The molecule has 0 fully saturated rings. The van der Waals surface area contributed by atoms with Gasteiger partial charge in [-0.15, -0.1) is 0 Å². The molecule has 2 N–H and O–H groups in total. The molecule has 6 nitrogen and oxygen atoms in total. The number of sulfonamides is 1. The molecule has 0 aliphatic carbocycles. The van der Waals surface area contributed by atoms with Gasteiger partial charge in [-0.25, -0.2) is 13.1 Å². The van der Waals surface area contributed by atoms with Gasteiger partial charge in [0.1, 0.15) is 5.76 Å². The van der Waals surface area contributed by atoms with Crippen molar-refractivity contribution in [3.63, 3.8) is 0 Å². The molecule has 0 aliphatic rings. The number of hydrogen-bond acceptors (Lipinski definition) is 4. The molecule has 1 unspecified atom stereocenters. The van der Waals surface area contributed by atoms with Crippen LogP contribution in [0.25, 0.3) is 0 Å². The van der Waals surface area contributed by atoms with Crippen molar-refractivity contribution in [2.45, 2.75) is 37.2 Å². The van der Waals surface area contributed by atoms with Crippen LogP contribution in [0.4, 0.5) is 0 Å². The lowest BCUT2D eigenvalue weighted by atomic mass is 10.0. The Morgan fingerprint density at radius 1 is 1.00 bits per heavy atom. The Labute approximate surface area is 171 Å². The summed E-state index contributed by atoms with van der Waals surface area (Å²) < 4.78 is 32.4. The van der Waals surface area contributed by atoms with Crippen LogP contribution in [0.5, 0.6) is 0 Å². The third kappa shape index (κ3) is 5.56. The smallest absolute Gasteiger partial charge is 0.251 e. The first kappa shape index (κ1) is 20.8. The van der Waals surface area contributed by atoms with Gasteiger partial charge >= 0.3 is 0 Å². The number of furan rings is 1. The minimum absolute atomic E-state index is 0.0628. The standard InChI is InChI=1S/C22H24N2O4S/c1-2-7-21(17-8-4-3-5-9-17)24-22(25)18-11-13-20(14-12-18)29(26,27)23-16-19-10-6-15-28-19/h3-6,8-15,21,23H,2,7,16H2,1H3,(H,24,25). The molecule has 0 radical (unpaired) electrons. The molecular formula is C22H24N2O4S. The van der Waals surface area contributed by atoms with Gasteiger partial charge in [0.15, 0.2) is 0 Å². The zero-order valence-corrected chi connectivity index (χ0v) is 17.0. The number of hydrogen-bond donors (Lipinski definition) is 2. The molecule has 0 bridgehead atoms. The Bertz CT molecular complexity index is 1010. The number of nitrogens with one attached hydrogen (secondary N) is 2. The summed E-state index contributed by atoms with van der Waals surface area (Å²) in [5, 5.41) is 3.04. The zero-order valence-electron chi connectivity index (χ0n) is 16.2. The van der Waals surface area contributed by atoms with E-state index in [0.717, 1.165) is 18.4 Å². The molecule has 3 aromatic rings. The molecule has 0 aliphatic heterocycles. The molecule has 7 heteroatoms. The third-order valence-corrected chi connectivity index (χ3v) is 5.95. The van der Waals surface area contributed by atoms with Gasteiger partial charge in [0.2, 0.25) is 10.0 Å². The van der Waals surface area contributed by atoms with Gasteiger partial charge in [0, 0.05) is 5.56 Å². The predicted molar refractivity (Wildman–Crippen MR) is 111 cm³/mol. The molecule has 0 spiro atoms. The summed E-state index contributed by atoms with van der Waals surface area (Å²) in [6, 6.07) is 19.0. The Morgan fingerprint density at radius 2 is 1.72 bits per heavy atom. The van der Waals surface area contributed by atoms with E-state index in [9.17, 15) is 13.2 Å². The van der Waals surface area contributed by atoms with Crippen molar-refractivity contribution in [1.29, 1.82) is 0 Å². The van der Waals surface area contributed by atoms with Crippen molar-refractivity contribution in [2.24, 2.45) is 0 Å². The van der Waals surface area contributed by atoms with Crippen LogP contribution in [-0.4, -0.2) is 14.3 Å². The van der Waals surface area contributed by atoms with Crippen LogP contribution in [0.15, 0.2) is 82.3 Å². The van der Waals surface area contributed by atoms with Crippen molar-refractivity contribution in [1.82, 2.24) is 10.0 Å². The molecule has 0 saturated carbocycles. The summed E-state index contributed by atoms with van der Waals surface area (Å²) in [6.45, 7) is 2.13. The van der Waals surface area contributed by atoms with Crippen LogP contribution in [0, 0.1) is 0 Å². The zero-order chi connectivity index (χ0) is 20.7. The van der Waals surface area contributed by atoms with Crippen molar-refractivity contribution in [2.75, 3.05) is 0 Å². The summed E-state index contributed by atoms with van der Waals surface area (Å²) in [7, 11) is -3.70. The second-order valence-electron chi connectivity index (χ2n) is 6.65. The SMILES string of the molecule is CCCC(NC(=O)c1ccc(S(=O)(=O)NCc2ccco2)cc1)c1ccccc1. The van der Waals surface area contributed by atoms with E-state index < -0.39 is 10.0 Å². The maximum atomic E-state index is 12.7. The normalized spacial score (nSPS) is 12.4. The number of rotatable bonds is 9. The van der Waals surface area contributed by atoms with E-state index in [2.05, 4.69) is 17.0 Å². The van der Waals surface area contributed by atoms with Crippen LogP contribution in [0.1, 0.15) is 47.5 Å². The Kier molecular flexibility index (Phi) is 6.85. The molecule has 152 valence electrons. The highest BCUT2D eigenvalue weighted by atomic mass is 32.2. The van der Waals surface area contributed by atoms with Gasteiger partial charge < -0.3 is 9.73 Å². The topological polar surface area (TPSA) is 88.4 Å². The van der Waals surface area contributed by atoms with E-state index in [1.54, 1.807) is 12.1 Å². The summed E-state index contributed by atoms with van der Waals surface area (Å²) in [5.41, 5.74) is 1.45. The van der Waals surface area contributed by atoms with Gasteiger partial charge in [0.05, 0.1) is 23.7 Å². The lowest BCUT2D eigenvalue weighted by Gasteiger charge is -2.18. The monoisotopic (exact) mass is 412 g/mol. The summed E-state index contributed by atoms with van der Waals surface area (Å²) >= 11 is 0. The molecule has 0 saturated heterocycles. The van der Waals surface area contributed by atoms with Gasteiger partial charge in [-0.3, -0.25) is 4.79 Å². The highest BCUT2D eigenvalue weighted by molar-refractivity contribution is 7.89. The molecule has 1 heterocycles. The summed E-state index contributed by atoms with van der Waals surface area (Å²) in [4.78, 5) is 12.7. The lowest BCUT2D eigenvalue weighted by Crippen LogP contribution is -2.28. The highest BCUT2D eigenvalue weighted by Crippen LogP contribution is 2.19. The summed E-state index contributed by atoms with van der Waals surface area (Å²) in [5.74, 6) is 0.284. The van der Waals surface area contributed by atoms with Gasteiger partial charge in [-0.05, 0) is 48.4 Å². The molecule has 29 heavy (non-hydrogen) atoms. The van der Waals surface area contributed by atoms with Gasteiger partial charge in [0.25, 0.3) is 5.91 Å². The van der Waals surface area contributed by atoms with Crippen LogP contribution >= 0.6 is 0 Å². The predicted octanol–water partition coefficient (Wildman–Crippen LogP) is 4.03. The van der Waals surface area contributed by atoms with E-state index in [1.807, 2.05) is 30.3 Å². The lowest BCUT2D eigenvalue weighted by molar-refractivity contribution is 0.0934. The van der Waals surface area contributed by atoms with E-state index in [-0.39, 0.29) is 23.4 Å². The second kappa shape index (κ2) is 9.54. The number of amides is 1. The van der Waals surface area contributed by atoms with Crippen LogP contribution in [0.2, 0.25) is 0 Å². The largest absolute Gasteiger partial charge is 0.468 e. The Hall–Kier alpha value is -2.90. The molecule has 2 aromatic carbocycles. The molecule has 3 rings (SSSR count). The Morgan fingerprint density at radius 3 is 2.34 bits per heavy atom. The van der Waals surface area contributed by atoms with E-state index >= 15 is 0 Å². The first-order valence-electron chi connectivity index (χ1n) is 9.47. The quantitative estimate of drug-likeness (QED) is 0.555. The number of carbonyl (C=O) groups is 1. The minimum atomic E-state index is -3.70. The number of benzene rings is 2. The second-order valence-corrected chi connectivity index (χ2v) is 8.42. The highest BCUT2D eigenvalue weighted by Gasteiger charge is 2.18. The molecule has 1 amide bonds.